The third-order valence-electron chi connectivity index (χ3n) is 3.47. The van der Waals surface area contributed by atoms with E-state index in [0.717, 1.165) is 0 Å². The van der Waals surface area contributed by atoms with E-state index >= 15 is 0 Å². The number of ether oxygens (including phenoxy) is 3. The second-order valence-electron chi connectivity index (χ2n) is 4.86. The van der Waals surface area contributed by atoms with Crippen molar-refractivity contribution in [2.75, 3.05) is 32.9 Å². The number of methoxy groups -OCH3 is 3. The summed E-state index contributed by atoms with van der Waals surface area (Å²) in [6, 6.07) is 1.95. The van der Waals surface area contributed by atoms with E-state index in [-0.39, 0.29) is 6.54 Å². The molecule has 0 saturated carbocycles. The van der Waals surface area contributed by atoms with Crippen molar-refractivity contribution in [3.05, 3.63) is 22.2 Å². The summed E-state index contributed by atoms with van der Waals surface area (Å²) in [4.78, 5) is 16.2. The first-order valence-corrected chi connectivity index (χ1v) is 7.80. The van der Waals surface area contributed by atoms with Crippen LogP contribution in [-0.2, 0) is 4.84 Å². The largest absolute Gasteiger partial charge is 0.493 e. The van der Waals surface area contributed by atoms with Gasteiger partial charge in [0.05, 0.1) is 27.0 Å². The summed E-state index contributed by atoms with van der Waals surface area (Å²) < 4.78 is 13.8. The molecule has 0 spiro atoms. The maximum atomic E-state index is 11.2. The summed E-state index contributed by atoms with van der Waals surface area (Å²) >= 11 is 17.4. The number of alkyl halides is 3. The smallest absolute Gasteiger partial charge is 0.265 e. The molecule has 11 heteroatoms. The van der Waals surface area contributed by atoms with E-state index < -0.39 is 20.9 Å². The predicted octanol–water partition coefficient (Wildman–Crippen LogP) is 2.85. The molecular weight excluding hydrogens is 387 g/mol. The third kappa shape index (κ3) is 3.66. The standard InChI is InChI=1S/C13H15Cl3N2O6/c1-21-9-4-7(5-10(22-2)11(9)23-3)17-6-8(18(19)20)12(24-17)13(14,15)16/h4-5,8,12H,6H2,1-3H3. The fraction of sp³-hybridized carbons (Fsp3) is 0.538. The van der Waals surface area contributed by atoms with Gasteiger partial charge in [-0.05, 0) is 0 Å². The van der Waals surface area contributed by atoms with Gasteiger partial charge in [0.15, 0.2) is 11.5 Å². The van der Waals surface area contributed by atoms with Crippen LogP contribution in [0.25, 0.3) is 0 Å². The van der Waals surface area contributed by atoms with Crippen LogP contribution >= 0.6 is 34.8 Å². The maximum Gasteiger partial charge on any atom is 0.265 e. The third-order valence-corrected chi connectivity index (χ3v) is 4.12. The first-order valence-electron chi connectivity index (χ1n) is 6.67. The molecule has 2 atom stereocenters. The first kappa shape index (κ1) is 19.0. The number of rotatable bonds is 5. The van der Waals surface area contributed by atoms with Crippen molar-refractivity contribution < 1.29 is 24.0 Å². The number of anilines is 1. The van der Waals surface area contributed by atoms with Crippen LogP contribution in [0.4, 0.5) is 5.69 Å². The van der Waals surface area contributed by atoms with E-state index in [1.807, 2.05) is 0 Å². The van der Waals surface area contributed by atoms with Gasteiger partial charge in [0, 0.05) is 17.1 Å². The molecule has 0 aliphatic carbocycles. The van der Waals surface area contributed by atoms with Crippen LogP contribution in [0.2, 0.25) is 0 Å². The normalized spacial score (nSPS) is 20.8. The number of hydrogen-bond donors (Lipinski definition) is 0. The topological polar surface area (TPSA) is 83.3 Å². The number of halogens is 3. The summed E-state index contributed by atoms with van der Waals surface area (Å²) in [5.74, 6) is 1.11. The van der Waals surface area contributed by atoms with Crippen LogP contribution < -0.4 is 19.3 Å². The van der Waals surface area contributed by atoms with Crippen molar-refractivity contribution in [3.8, 4) is 17.2 Å². The van der Waals surface area contributed by atoms with Gasteiger partial charge in [0.2, 0.25) is 15.6 Å². The van der Waals surface area contributed by atoms with E-state index in [1.165, 1.54) is 26.4 Å². The van der Waals surface area contributed by atoms with Gasteiger partial charge < -0.3 is 14.2 Å². The van der Waals surface area contributed by atoms with E-state index in [1.54, 1.807) is 12.1 Å². The first-order chi connectivity index (χ1) is 11.2. The van der Waals surface area contributed by atoms with Gasteiger partial charge in [0.1, 0.15) is 6.54 Å². The highest BCUT2D eigenvalue weighted by Crippen LogP contribution is 2.44. The SMILES string of the molecule is COc1cc(N2CC([N+](=O)[O-])C(C(Cl)(Cl)Cl)O2)cc(OC)c1OC. The van der Waals surface area contributed by atoms with Crippen molar-refractivity contribution in [1.29, 1.82) is 0 Å². The summed E-state index contributed by atoms with van der Waals surface area (Å²) in [6.45, 7) is -0.107. The van der Waals surface area contributed by atoms with Gasteiger partial charge in [-0.25, -0.2) is 5.06 Å². The Hall–Kier alpha value is -1.35. The molecule has 1 aromatic rings. The van der Waals surface area contributed by atoms with Gasteiger partial charge in [-0.2, -0.15) is 0 Å². The molecule has 2 rings (SSSR count). The van der Waals surface area contributed by atoms with Crippen LogP contribution in [0.5, 0.6) is 17.2 Å². The summed E-state index contributed by atoms with van der Waals surface area (Å²) in [5, 5.41) is 12.5. The quantitative estimate of drug-likeness (QED) is 0.426. The Morgan fingerprint density at radius 2 is 1.75 bits per heavy atom. The minimum atomic E-state index is -1.95. The maximum absolute atomic E-state index is 11.2. The number of nitro groups is 1. The van der Waals surface area contributed by atoms with Crippen molar-refractivity contribution in [1.82, 2.24) is 0 Å². The number of hydroxylamine groups is 1. The summed E-state index contributed by atoms with van der Waals surface area (Å²) in [7, 11) is 4.37. The lowest BCUT2D eigenvalue weighted by Gasteiger charge is -2.22. The molecule has 1 fully saturated rings. The Morgan fingerprint density at radius 1 is 1.21 bits per heavy atom. The second kappa shape index (κ2) is 7.26. The molecule has 1 aliphatic rings. The molecule has 0 bridgehead atoms. The molecule has 1 heterocycles. The van der Waals surface area contributed by atoms with Crippen LogP contribution in [-0.4, -0.2) is 48.7 Å². The molecule has 8 nitrogen and oxygen atoms in total. The molecule has 0 N–H and O–H groups in total. The highest BCUT2D eigenvalue weighted by molar-refractivity contribution is 6.68. The lowest BCUT2D eigenvalue weighted by Crippen LogP contribution is -2.40. The monoisotopic (exact) mass is 400 g/mol. The van der Waals surface area contributed by atoms with Crippen molar-refractivity contribution in [2.24, 2.45) is 0 Å². The van der Waals surface area contributed by atoms with E-state index in [4.69, 9.17) is 53.9 Å². The lowest BCUT2D eigenvalue weighted by atomic mass is 10.2. The van der Waals surface area contributed by atoms with Gasteiger partial charge in [-0.3, -0.25) is 15.0 Å². The van der Waals surface area contributed by atoms with E-state index in [9.17, 15) is 10.1 Å². The average molecular weight is 402 g/mol. The fourth-order valence-corrected chi connectivity index (χ4v) is 2.90. The molecule has 1 aliphatic heterocycles. The Morgan fingerprint density at radius 3 is 2.08 bits per heavy atom. The predicted molar refractivity (Wildman–Crippen MR) is 89.4 cm³/mol. The second-order valence-corrected chi connectivity index (χ2v) is 7.23. The van der Waals surface area contributed by atoms with Crippen LogP contribution in [0, 0.1) is 10.1 Å². The van der Waals surface area contributed by atoms with Crippen molar-refractivity contribution in [2.45, 2.75) is 15.9 Å². The zero-order chi connectivity index (χ0) is 18.1. The molecule has 0 amide bonds. The molecule has 1 aromatic carbocycles. The molecule has 2 unspecified atom stereocenters. The molecule has 1 saturated heterocycles. The average Bonchev–Trinajstić information content (AvgIpc) is 2.99. The van der Waals surface area contributed by atoms with Gasteiger partial charge in [0.25, 0.3) is 6.04 Å². The fourth-order valence-electron chi connectivity index (χ4n) is 2.35. The molecule has 0 radical (unpaired) electrons. The number of benzene rings is 1. The minimum absolute atomic E-state index is 0.107. The molecule has 0 aromatic heterocycles. The number of nitrogens with zero attached hydrogens (tertiary/aromatic N) is 2. The molecular formula is C13H15Cl3N2O6. The number of hydrogen-bond acceptors (Lipinski definition) is 7. The van der Waals surface area contributed by atoms with Crippen molar-refractivity contribution >= 4 is 40.5 Å². The van der Waals surface area contributed by atoms with Gasteiger partial charge in [-0.1, -0.05) is 34.8 Å². The van der Waals surface area contributed by atoms with E-state index in [0.29, 0.717) is 22.9 Å². The highest BCUT2D eigenvalue weighted by atomic mass is 35.6. The molecule has 134 valence electrons. The van der Waals surface area contributed by atoms with Crippen molar-refractivity contribution in [3.63, 3.8) is 0 Å². The highest BCUT2D eigenvalue weighted by Gasteiger charge is 2.53. The van der Waals surface area contributed by atoms with E-state index in [2.05, 4.69) is 0 Å². The Balaban J connectivity index is 2.40. The lowest BCUT2D eigenvalue weighted by molar-refractivity contribution is -0.523. The summed E-state index contributed by atoms with van der Waals surface area (Å²) in [5.41, 5.74) is 0.438. The Kier molecular flexibility index (Phi) is 5.74. The minimum Gasteiger partial charge on any atom is -0.493 e. The van der Waals surface area contributed by atoms with Crippen LogP contribution in [0.15, 0.2) is 12.1 Å². The zero-order valence-corrected chi connectivity index (χ0v) is 15.3. The van der Waals surface area contributed by atoms with Gasteiger partial charge in [-0.15, -0.1) is 0 Å². The Labute approximate surface area is 153 Å². The van der Waals surface area contributed by atoms with Crippen LogP contribution in [0.3, 0.4) is 0 Å². The molecule has 24 heavy (non-hydrogen) atoms. The van der Waals surface area contributed by atoms with Gasteiger partial charge >= 0.3 is 0 Å². The zero-order valence-electron chi connectivity index (χ0n) is 13.0. The Bertz CT molecular complexity index is 599. The summed E-state index contributed by atoms with van der Waals surface area (Å²) in [6.07, 6.45) is -1.24. The van der Waals surface area contributed by atoms with Crippen LogP contribution in [0.1, 0.15) is 0 Å².